The Balaban J connectivity index is 1.45. The van der Waals surface area contributed by atoms with Gasteiger partial charge in [0, 0.05) is 28.1 Å². The van der Waals surface area contributed by atoms with E-state index in [4.69, 9.17) is 18.5 Å². The quantitative estimate of drug-likeness (QED) is 0.183. The lowest BCUT2D eigenvalue weighted by Gasteiger charge is -2.36. The Bertz CT molecular complexity index is 1430. The van der Waals surface area contributed by atoms with E-state index in [0.717, 1.165) is 27.7 Å². The van der Waals surface area contributed by atoms with Crippen molar-refractivity contribution < 1.29 is 18.5 Å². The van der Waals surface area contributed by atoms with Gasteiger partial charge in [-0.2, -0.15) is 0 Å². The Morgan fingerprint density at radius 3 is 1.55 bits per heavy atom. The molecule has 0 bridgehead atoms. The highest BCUT2D eigenvalue weighted by atomic mass is 16.7. The Hall–Kier alpha value is -3.80. The molecule has 1 saturated heterocycles. The topological polar surface area (TPSA) is 40.8 Å². The minimum absolute atomic E-state index is 0.439. The summed E-state index contributed by atoms with van der Waals surface area (Å²) in [6.45, 7) is 8.16. The zero-order valence-corrected chi connectivity index (χ0v) is 22.2. The predicted molar refractivity (Wildman–Crippen MR) is 152 cm³/mol. The van der Waals surface area contributed by atoms with Gasteiger partial charge >= 0.3 is 7.12 Å². The lowest BCUT2D eigenvalue weighted by Crippen LogP contribution is -2.41. The molecule has 38 heavy (non-hydrogen) atoms. The number of benzene rings is 4. The molecule has 1 aliphatic rings. The van der Waals surface area contributed by atoms with Crippen LogP contribution in [-0.2, 0) is 14.9 Å². The van der Waals surface area contributed by atoms with Crippen molar-refractivity contribution in [2.75, 3.05) is 0 Å². The van der Waals surface area contributed by atoms with E-state index in [2.05, 4.69) is 36.4 Å². The lowest BCUT2D eigenvalue weighted by molar-refractivity contribution is 0.00578. The molecule has 1 fully saturated rings. The highest BCUT2D eigenvalue weighted by Crippen LogP contribution is 2.42. The summed E-state index contributed by atoms with van der Waals surface area (Å²) in [5.74, 6) is 0.698. The number of ether oxygens (including phenoxy) is 1. The van der Waals surface area contributed by atoms with E-state index in [1.807, 2.05) is 107 Å². The van der Waals surface area contributed by atoms with Gasteiger partial charge in [-0.05, 0) is 45.9 Å². The summed E-state index contributed by atoms with van der Waals surface area (Å²) in [7, 11) is -0.561. The fraction of sp³-hybridized carbons (Fsp3) is 0.212. The second-order valence-electron chi connectivity index (χ2n) is 10.8. The average Bonchev–Trinajstić information content (AvgIpc) is 3.45. The third-order valence-electron chi connectivity index (χ3n) is 7.81. The van der Waals surface area contributed by atoms with Crippen molar-refractivity contribution in [3.8, 4) is 5.75 Å². The second-order valence-corrected chi connectivity index (χ2v) is 10.8. The Morgan fingerprint density at radius 1 is 0.605 bits per heavy atom. The number of fused-ring (bicyclic) bond motifs is 1. The molecule has 190 valence electrons. The maximum atomic E-state index is 7.05. The molecule has 4 nitrogen and oxygen atoms in total. The summed E-state index contributed by atoms with van der Waals surface area (Å²) in [6, 6.07) is 39.0. The third kappa shape index (κ3) is 4.12. The summed E-state index contributed by atoms with van der Waals surface area (Å²) in [6.07, 6.45) is 0. The van der Waals surface area contributed by atoms with E-state index in [1.54, 1.807) is 0 Å². The molecule has 0 aliphatic carbocycles. The molecule has 0 atom stereocenters. The molecule has 0 radical (unpaired) electrons. The molecule has 6 rings (SSSR count). The van der Waals surface area contributed by atoms with Crippen LogP contribution in [0.3, 0.4) is 0 Å². The molecule has 1 aromatic heterocycles. The molecule has 4 aromatic carbocycles. The van der Waals surface area contributed by atoms with Gasteiger partial charge in [0.15, 0.2) is 5.60 Å². The summed E-state index contributed by atoms with van der Waals surface area (Å²) < 4.78 is 25.8. The highest BCUT2D eigenvalue weighted by molar-refractivity contribution is 6.61. The first kappa shape index (κ1) is 24.5. The molecule has 0 unspecified atom stereocenters. The first-order valence-electron chi connectivity index (χ1n) is 13.0. The van der Waals surface area contributed by atoms with E-state index < -0.39 is 23.9 Å². The Kier molecular flexibility index (Phi) is 5.94. The zero-order valence-electron chi connectivity index (χ0n) is 22.2. The Morgan fingerprint density at radius 2 is 1.08 bits per heavy atom. The van der Waals surface area contributed by atoms with Crippen molar-refractivity contribution in [1.82, 2.24) is 0 Å². The molecular weight excluding hydrogens is 471 g/mol. The van der Waals surface area contributed by atoms with E-state index in [1.165, 1.54) is 0 Å². The fourth-order valence-corrected chi connectivity index (χ4v) is 5.04. The van der Waals surface area contributed by atoms with Crippen LogP contribution in [0.25, 0.3) is 11.0 Å². The van der Waals surface area contributed by atoms with Crippen LogP contribution in [0.15, 0.2) is 120 Å². The highest BCUT2D eigenvalue weighted by Gasteiger charge is 2.53. The summed E-state index contributed by atoms with van der Waals surface area (Å²) in [5, 5.41) is 0.965. The van der Waals surface area contributed by atoms with Crippen LogP contribution in [0, 0.1) is 0 Å². The largest absolute Gasteiger partial charge is 0.532 e. The summed E-state index contributed by atoms with van der Waals surface area (Å²) in [5.41, 5.74) is 2.74. The van der Waals surface area contributed by atoms with Crippen LogP contribution in [-0.4, -0.2) is 18.3 Å². The van der Waals surface area contributed by atoms with Crippen molar-refractivity contribution in [2.24, 2.45) is 0 Å². The van der Waals surface area contributed by atoms with Crippen LogP contribution in [0.2, 0.25) is 0 Å². The first-order chi connectivity index (χ1) is 18.3. The van der Waals surface area contributed by atoms with E-state index in [-0.39, 0.29) is 0 Å². The molecule has 0 N–H and O–H groups in total. The lowest BCUT2D eigenvalue weighted by atomic mass is 9.80. The van der Waals surface area contributed by atoms with Crippen LogP contribution in [0.4, 0.5) is 0 Å². The van der Waals surface area contributed by atoms with Crippen molar-refractivity contribution in [3.63, 3.8) is 0 Å². The second kappa shape index (κ2) is 9.19. The van der Waals surface area contributed by atoms with Crippen LogP contribution >= 0.6 is 0 Å². The molecule has 2 heterocycles. The van der Waals surface area contributed by atoms with E-state index >= 15 is 0 Å². The van der Waals surface area contributed by atoms with Crippen molar-refractivity contribution >= 4 is 23.7 Å². The molecule has 5 aromatic rings. The maximum absolute atomic E-state index is 7.05. The van der Waals surface area contributed by atoms with Crippen molar-refractivity contribution in [3.05, 3.63) is 132 Å². The fourth-order valence-electron chi connectivity index (χ4n) is 5.04. The monoisotopic (exact) mass is 502 g/mol. The minimum Gasteiger partial charge on any atom is -0.473 e. The smallest absolute Gasteiger partial charge is 0.473 e. The van der Waals surface area contributed by atoms with Gasteiger partial charge in [-0.15, -0.1) is 0 Å². The van der Waals surface area contributed by atoms with Gasteiger partial charge in [-0.1, -0.05) is 91.0 Å². The standard InChI is InChI=1S/C33H31BO4/c1-31(2)32(3,4)38-34(37-31)30-22-24-20-21-28(23-29(24)35-30)36-33(25-14-8-5-9-15-25,26-16-10-6-11-17-26)27-18-12-7-13-19-27/h5-23H,1-4H3. The Labute approximate surface area is 224 Å². The van der Waals surface area contributed by atoms with Crippen LogP contribution < -0.4 is 10.4 Å². The molecule has 0 spiro atoms. The molecular formula is C33H31BO4. The van der Waals surface area contributed by atoms with Gasteiger partial charge in [-0.25, -0.2) is 0 Å². The SMILES string of the molecule is CC1(C)OB(c2cc3ccc(OC(c4ccccc4)(c4ccccc4)c4ccccc4)cc3o2)OC1(C)C. The van der Waals surface area contributed by atoms with E-state index in [0.29, 0.717) is 11.4 Å². The number of hydrogen-bond donors (Lipinski definition) is 0. The normalized spacial score (nSPS) is 16.6. The van der Waals surface area contributed by atoms with Gasteiger partial charge in [0.05, 0.1) is 11.2 Å². The molecule has 5 heteroatoms. The van der Waals surface area contributed by atoms with Gasteiger partial charge in [0.1, 0.15) is 17.0 Å². The molecule has 1 aliphatic heterocycles. The number of rotatable bonds is 6. The predicted octanol–water partition coefficient (Wildman–Crippen LogP) is 7.10. The van der Waals surface area contributed by atoms with Gasteiger partial charge in [0.2, 0.25) is 0 Å². The average molecular weight is 502 g/mol. The van der Waals surface area contributed by atoms with Crippen molar-refractivity contribution in [2.45, 2.75) is 44.5 Å². The maximum Gasteiger partial charge on any atom is 0.532 e. The van der Waals surface area contributed by atoms with Gasteiger partial charge in [-0.3, -0.25) is 0 Å². The van der Waals surface area contributed by atoms with Gasteiger partial charge < -0.3 is 18.5 Å². The molecule has 0 saturated carbocycles. The van der Waals surface area contributed by atoms with Crippen molar-refractivity contribution in [1.29, 1.82) is 0 Å². The van der Waals surface area contributed by atoms with E-state index in [9.17, 15) is 0 Å². The first-order valence-corrected chi connectivity index (χ1v) is 13.0. The number of furan rings is 1. The number of hydrogen-bond acceptors (Lipinski definition) is 4. The van der Waals surface area contributed by atoms with Crippen LogP contribution in [0.1, 0.15) is 44.4 Å². The zero-order chi connectivity index (χ0) is 26.4. The summed E-state index contributed by atoms with van der Waals surface area (Å²) in [4.78, 5) is 0. The minimum atomic E-state index is -0.862. The van der Waals surface area contributed by atoms with Crippen LogP contribution in [0.5, 0.6) is 5.75 Å². The summed E-state index contributed by atoms with van der Waals surface area (Å²) >= 11 is 0. The van der Waals surface area contributed by atoms with Gasteiger partial charge in [0.25, 0.3) is 0 Å². The third-order valence-corrected chi connectivity index (χ3v) is 7.81. The molecule has 0 amide bonds.